The summed E-state index contributed by atoms with van der Waals surface area (Å²) in [7, 11) is 0. The number of benzene rings is 2. The summed E-state index contributed by atoms with van der Waals surface area (Å²) in [6.45, 7) is 4.98. The van der Waals surface area contributed by atoms with Gasteiger partial charge in [-0.1, -0.05) is 24.3 Å². The Morgan fingerprint density at radius 3 is 2.53 bits per heavy atom. The van der Waals surface area contributed by atoms with Gasteiger partial charge in [0.2, 0.25) is 5.91 Å². The number of carbonyl (C=O) groups is 1. The van der Waals surface area contributed by atoms with Crippen LogP contribution in [0.4, 0.5) is 10.2 Å². The summed E-state index contributed by atoms with van der Waals surface area (Å²) in [5.41, 5.74) is 1.34. The average molecular weight is 435 g/mol. The highest BCUT2D eigenvalue weighted by atomic mass is 19.1. The van der Waals surface area contributed by atoms with Gasteiger partial charge in [0, 0.05) is 51.2 Å². The summed E-state index contributed by atoms with van der Waals surface area (Å²) in [5.74, 6) is 0.758. The number of hydrogen-bond donors (Lipinski definition) is 2. The van der Waals surface area contributed by atoms with Gasteiger partial charge in [-0.3, -0.25) is 4.79 Å². The molecule has 0 saturated carbocycles. The molecule has 2 aromatic carbocycles. The minimum atomic E-state index is -0.525. The highest BCUT2D eigenvalue weighted by Crippen LogP contribution is 2.28. The zero-order chi connectivity index (χ0) is 22.0. The van der Waals surface area contributed by atoms with Crippen molar-refractivity contribution < 1.29 is 9.18 Å². The van der Waals surface area contributed by atoms with E-state index in [1.54, 1.807) is 18.5 Å². The number of carbonyl (C=O) groups excluding carboxylic acids is 1. The third kappa shape index (κ3) is 4.03. The first-order valence-electron chi connectivity index (χ1n) is 11.1. The molecule has 2 aliphatic rings. The average Bonchev–Trinajstić information content (AvgIpc) is 2.85. The number of hydrogen-bond acceptors (Lipinski definition) is 6. The van der Waals surface area contributed by atoms with Gasteiger partial charge in [-0.05, 0) is 29.8 Å². The molecule has 0 spiro atoms. The van der Waals surface area contributed by atoms with Gasteiger partial charge < -0.3 is 20.4 Å². The fourth-order valence-corrected chi connectivity index (χ4v) is 4.73. The molecular formula is C24H27FN6O. The topological polar surface area (TPSA) is 73.4 Å². The monoisotopic (exact) mass is 434 g/mol. The van der Waals surface area contributed by atoms with Crippen LogP contribution in [0.15, 0.2) is 54.9 Å². The van der Waals surface area contributed by atoms with Crippen molar-refractivity contribution in [2.45, 2.75) is 12.0 Å². The zero-order valence-corrected chi connectivity index (χ0v) is 17.9. The van der Waals surface area contributed by atoms with Crippen LogP contribution in [0, 0.1) is 5.82 Å². The number of anilines is 1. The van der Waals surface area contributed by atoms with E-state index in [0.29, 0.717) is 26.1 Å². The predicted molar refractivity (Wildman–Crippen MR) is 122 cm³/mol. The Balaban J connectivity index is 1.29. The first kappa shape index (κ1) is 20.8. The van der Waals surface area contributed by atoms with Crippen LogP contribution in [0.25, 0.3) is 10.9 Å². The summed E-state index contributed by atoms with van der Waals surface area (Å²) < 4.78 is 13.5. The number of amides is 1. The largest absolute Gasteiger partial charge is 0.352 e. The predicted octanol–water partition coefficient (Wildman–Crippen LogP) is 1.90. The Bertz CT molecular complexity index is 1090. The molecule has 1 amide bonds. The quantitative estimate of drug-likeness (QED) is 0.654. The molecule has 7 nitrogen and oxygen atoms in total. The Morgan fingerprint density at radius 1 is 1.00 bits per heavy atom. The third-order valence-electron chi connectivity index (χ3n) is 6.50. The molecule has 1 unspecified atom stereocenters. The van der Waals surface area contributed by atoms with Crippen molar-refractivity contribution in [1.29, 1.82) is 0 Å². The van der Waals surface area contributed by atoms with Gasteiger partial charge >= 0.3 is 0 Å². The fourth-order valence-electron chi connectivity index (χ4n) is 4.73. The van der Waals surface area contributed by atoms with Crippen LogP contribution >= 0.6 is 0 Å². The first-order chi connectivity index (χ1) is 15.6. The maximum absolute atomic E-state index is 13.5. The van der Waals surface area contributed by atoms with E-state index in [9.17, 15) is 9.18 Å². The standard InChI is InChI=1S/C24H27FN6O/c25-19-7-5-18(6-8-19)24(16-26-9-10-29-24)15-22(32)30-11-13-31(14-12-30)23-20-3-1-2-4-21(20)27-17-28-23/h1-8,17,26,29H,9-16H2. The normalized spacial score (nSPS) is 21.7. The molecule has 2 aliphatic heterocycles. The van der Waals surface area contributed by atoms with Gasteiger partial charge in [0.15, 0.2) is 0 Å². The highest BCUT2D eigenvalue weighted by Gasteiger charge is 2.38. The first-order valence-corrected chi connectivity index (χ1v) is 11.1. The maximum Gasteiger partial charge on any atom is 0.224 e. The smallest absolute Gasteiger partial charge is 0.224 e. The molecule has 5 rings (SSSR count). The Labute approximate surface area is 186 Å². The lowest BCUT2D eigenvalue weighted by Crippen LogP contribution is -2.59. The van der Waals surface area contributed by atoms with Crippen LogP contribution in [-0.2, 0) is 10.3 Å². The Hall–Kier alpha value is -3.10. The van der Waals surface area contributed by atoms with Gasteiger partial charge in [-0.15, -0.1) is 0 Å². The van der Waals surface area contributed by atoms with Crippen molar-refractivity contribution in [2.24, 2.45) is 0 Å². The SMILES string of the molecule is O=C(CC1(c2ccc(F)cc2)CNCCN1)N1CCN(c2ncnc3ccccc23)CC1. The molecular weight excluding hydrogens is 407 g/mol. The molecule has 2 fully saturated rings. The Kier molecular flexibility index (Phi) is 5.71. The third-order valence-corrected chi connectivity index (χ3v) is 6.50. The van der Waals surface area contributed by atoms with Crippen LogP contribution in [-0.4, -0.2) is 66.6 Å². The highest BCUT2D eigenvalue weighted by molar-refractivity contribution is 5.89. The van der Waals surface area contributed by atoms with Crippen LogP contribution in [0.5, 0.6) is 0 Å². The zero-order valence-electron chi connectivity index (χ0n) is 17.9. The van der Waals surface area contributed by atoms with E-state index in [1.807, 2.05) is 29.2 Å². The van der Waals surface area contributed by atoms with E-state index in [4.69, 9.17) is 0 Å². The van der Waals surface area contributed by atoms with E-state index < -0.39 is 5.54 Å². The van der Waals surface area contributed by atoms with Crippen molar-refractivity contribution in [2.75, 3.05) is 50.7 Å². The second-order valence-electron chi connectivity index (χ2n) is 8.45. The van der Waals surface area contributed by atoms with Gasteiger partial charge in [-0.25, -0.2) is 14.4 Å². The second kappa shape index (κ2) is 8.80. The lowest BCUT2D eigenvalue weighted by atomic mass is 9.84. The number of para-hydroxylation sites is 1. The summed E-state index contributed by atoms with van der Waals surface area (Å²) in [4.78, 5) is 26.3. The lowest BCUT2D eigenvalue weighted by molar-refractivity contribution is -0.133. The number of rotatable bonds is 4. The van der Waals surface area contributed by atoms with Crippen molar-refractivity contribution in [3.8, 4) is 0 Å². The van der Waals surface area contributed by atoms with Gasteiger partial charge in [0.1, 0.15) is 18.0 Å². The fraction of sp³-hybridized carbons (Fsp3) is 0.375. The number of fused-ring (bicyclic) bond motifs is 1. The van der Waals surface area contributed by atoms with E-state index in [0.717, 1.165) is 48.5 Å². The molecule has 8 heteroatoms. The van der Waals surface area contributed by atoms with Gasteiger partial charge in [0.05, 0.1) is 17.5 Å². The van der Waals surface area contributed by atoms with E-state index in [1.165, 1.54) is 12.1 Å². The molecule has 0 bridgehead atoms. The molecule has 1 aromatic heterocycles. The van der Waals surface area contributed by atoms with E-state index in [-0.39, 0.29) is 11.7 Å². The summed E-state index contributed by atoms with van der Waals surface area (Å²) >= 11 is 0. The van der Waals surface area contributed by atoms with Crippen molar-refractivity contribution in [3.63, 3.8) is 0 Å². The van der Waals surface area contributed by atoms with Crippen LogP contribution in [0.3, 0.4) is 0 Å². The molecule has 0 aliphatic carbocycles. The summed E-state index contributed by atoms with van der Waals surface area (Å²) in [5, 5.41) is 7.96. The van der Waals surface area contributed by atoms with Crippen LogP contribution in [0.1, 0.15) is 12.0 Å². The molecule has 2 N–H and O–H groups in total. The van der Waals surface area contributed by atoms with Gasteiger partial charge in [-0.2, -0.15) is 0 Å². The molecule has 0 radical (unpaired) electrons. The Morgan fingerprint density at radius 2 is 1.78 bits per heavy atom. The van der Waals surface area contributed by atoms with E-state index in [2.05, 4.69) is 25.5 Å². The second-order valence-corrected chi connectivity index (χ2v) is 8.45. The van der Waals surface area contributed by atoms with Crippen molar-refractivity contribution in [3.05, 3.63) is 66.2 Å². The molecule has 32 heavy (non-hydrogen) atoms. The van der Waals surface area contributed by atoms with Gasteiger partial charge in [0.25, 0.3) is 0 Å². The lowest BCUT2D eigenvalue weighted by Gasteiger charge is -2.42. The van der Waals surface area contributed by atoms with E-state index >= 15 is 0 Å². The number of halogens is 1. The minimum absolute atomic E-state index is 0.109. The molecule has 3 aromatic rings. The molecule has 3 heterocycles. The minimum Gasteiger partial charge on any atom is -0.352 e. The van der Waals surface area contributed by atoms with Crippen molar-refractivity contribution in [1.82, 2.24) is 25.5 Å². The van der Waals surface area contributed by atoms with Crippen LogP contribution in [0.2, 0.25) is 0 Å². The summed E-state index contributed by atoms with van der Waals surface area (Å²) in [6.07, 6.45) is 1.94. The molecule has 166 valence electrons. The van der Waals surface area contributed by atoms with Crippen LogP contribution < -0.4 is 15.5 Å². The number of aromatic nitrogens is 2. The molecule has 2 saturated heterocycles. The maximum atomic E-state index is 13.5. The number of nitrogens with one attached hydrogen (secondary N) is 2. The molecule has 1 atom stereocenters. The number of piperazine rings is 2. The summed E-state index contributed by atoms with van der Waals surface area (Å²) in [6, 6.07) is 14.5. The van der Waals surface area contributed by atoms with Crippen molar-refractivity contribution >= 4 is 22.6 Å². The number of nitrogens with zero attached hydrogens (tertiary/aromatic N) is 4.